The van der Waals surface area contributed by atoms with Gasteiger partial charge in [-0.15, -0.1) is 0 Å². The van der Waals surface area contributed by atoms with Gasteiger partial charge in [-0.3, -0.25) is 14.5 Å². The Hall–Kier alpha value is -3.39. The Balaban J connectivity index is 1.79. The maximum atomic E-state index is 12.1. The fourth-order valence-electron chi connectivity index (χ4n) is 2.43. The third-order valence-corrected chi connectivity index (χ3v) is 3.79. The summed E-state index contributed by atoms with van der Waals surface area (Å²) >= 11 is 0. The van der Waals surface area contributed by atoms with E-state index in [2.05, 4.69) is 15.4 Å². The number of carbonyl (C=O) groups is 3. The van der Waals surface area contributed by atoms with Crippen molar-refractivity contribution in [3.05, 3.63) is 54.1 Å². The van der Waals surface area contributed by atoms with Gasteiger partial charge in [0, 0.05) is 11.4 Å². The maximum absolute atomic E-state index is 12.1. The summed E-state index contributed by atoms with van der Waals surface area (Å²) in [7, 11) is 4.55. The molecule has 148 valence electrons. The van der Waals surface area contributed by atoms with E-state index in [0.717, 1.165) is 0 Å². The number of nitrogens with zero attached hydrogens (tertiary/aromatic N) is 1. The van der Waals surface area contributed by atoms with E-state index in [-0.39, 0.29) is 24.9 Å². The number of hydrogen-bond donors (Lipinski definition) is 2. The molecule has 0 saturated carbocycles. The quantitative estimate of drug-likeness (QED) is 0.675. The summed E-state index contributed by atoms with van der Waals surface area (Å²) in [5, 5.41) is 5.47. The van der Waals surface area contributed by atoms with Crippen LogP contribution in [0.1, 0.15) is 10.4 Å². The maximum Gasteiger partial charge on any atom is 0.337 e. The molecule has 2 rings (SSSR count). The van der Waals surface area contributed by atoms with Crippen LogP contribution in [0.3, 0.4) is 0 Å². The number of esters is 1. The predicted octanol–water partition coefficient (Wildman–Crippen LogP) is 1.99. The van der Waals surface area contributed by atoms with Gasteiger partial charge in [0.25, 0.3) is 0 Å². The lowest BCUT2D eigenvalue weighted by Crippen LogP contribution is -2.36. The molecule has 0 aromatic heterocycles. The van der Waals surface area contributed by atoms with Gasteiger partial charge < -0.3 is 20.1 Å². The zero-order valence-electron chi connectivity index (χ0n) is 16.0. The highest BCUT2D eigenvalue weighted by Crippen LogP contribution is 2.15. The van der Waals surface area contributed by atoms with Gasteiger partial charge in [0.1, 0.15) is 5.75 Å². The Labute approximate surface area is 163 Å². The molecule has 0 aliphatic heterocycles. The molecule has 0 bridgehead atoms. The van der Waals surface area contributed by atoms with E-state index in [1.807, 2.05) is 0 Å². The van der Waals surface area contributed by atoms with Crippen LogP contribution < -0.4 is 15.4 Å². The lowest BCUT2D eigenvalue weighted by atomic mass is 10.2. The van der Waals surface area contributed by atoms with Gasteiger partial charge in [0.05, 0.1) is 32.9 Å². The Morgan fingerprint density at radius 1 is 0.821 bits per heavy atom. The lowest BCUT2D eigenvalue weighted by Gasteiger charge is -2.16. The summed E-state index contributed by atoms with van der Waals surface area (Å²) in [6.45, 7) is 0.0928. The van der Waals surface area contributed by atoms with Crippen molar-refractivity contribution in [2.75, 3.05) is 45.0 Å². The van der Waals surface area contributed by atoms with Crippen molar-refractivity contribution < 1.29 is 23.9 Å². The van der Waals surface area contributed by atoms with Crippen LogP contribution in [-0.2, 0) is 14.3 Å². The normalized spacial score (nSPS) is 10.3. The molecule has 2 N–H and O–H groups in total. The first-order valence-corrected chi connectivity index (χ1v) is 8.52. The molecule has 0 heterocycles. The SMILES string of the molecule is COC(=O)c1ccc(NC(=O)CN(C)CC(=O)Nc2ccc(OC)cc2)cc1. The molecule has 2 amide bonds. The van der Waals surface area contributed by atoms with Crippen molar-refractivity contribution in [3.8, 4) is 5.75 Å². The van der Waals surface area contributed by atoms with E-state index < -0.39 is 5.97 Å². The molecule has 0 spiro atoms. The number of benzene rings is 2. The topological polar surface area (TPSA) is 97.0 Å². The fourth-order valence-corrected chi connectivity index (χ4v) is 2.43. The molecule has 0 aliphatic rings. The number of likely N-dealkylation sites (N-methyl/N-ethyl adjacent to an activating group) is 1. The second-order valence-electron chi connectivity index (χ2n) is 6.07. The van der Waals surface area contributed by atoms with Gasteiger partial charge in [-0.2, -0.15) is 0 Å². The van der Waals surface area contributed by atoms with Crippen LogP contribution >= 0.6 is 0 Å². The smallest absolute Gasteiger partial charge is 0.337 e. The highest BCUT2D eigenvalue weighted by Gasteiger charge is 2.12. The van der Waals surface area contributed by atoms with E-state index >= 15 is 0 Å². The highest BCUT2D eigenvalue weighted by molar-refractivity contribution is 5.95. The van der Waals surface area contributed by atoms with Crippen LogP contribution in [0.2, 0.25) is 0 Å². The average molecular weight is 385 g/mol. The van der Waals surface area contributed by atoms with Crippen molar-refractivity contribution in [2.45, 2.75) is 0 Å². The molecular formula is C20H23N3O5. The van der Waals surface area contributed by atoms with E-state index in [9.17, 15) is 14.4 Å². The van der Waals surface area contributed by atoms with E-state index in [1.54, 1.807) is 67.6 Å². The second-order valence-corrected chi connectivity index (χ2v) is 6.07. The summed E-state index contributed by atoms with van der Waals surface area (Å²) in [5.74, 6) is -0.250. The van der Waals surface area contributed by atoms with Crippen molar-refractivity contribution in [1.82, 2.24) is 4.90 Å². The van der Waals surface area contributed by atoms with E-state index in [4.69, 9.17) is 4.74 Å². The largest absolute Gasteiger partial charge is 0.497 e. The van der Waals surface area contributed by atoms with Crippen molar-refractivity contribution in [3.63, 3.8) is 0 Å². The summed E-state index contributed by atoms with van der Waals surface area (Å²) in [6, 6.07) is 13.3. The molecule has 8 heteroatoms. The standard InChI is InChI=1S/C20H23N3O5/c1-23(13-19(25)22-16-8-10-17(27-2)11-9-16)12-18(24)21-15-6-4-14(5-7-15)20(26)28-3/h4-11H,12-13H2,1-3H3,(H,21,24)(H,22,25). The average Bonchev–Trinajstić information content (AvgIpc) is 2.68. The van der Waals surface area contributed by atoms with Crippen molar-refractivity contribution >= 4 is 29.2 Å². The number of carbonyl (C=O) groups excluding carboxylic acids is 3. The molecule has 2 aromatic carbocycles. The minimum atomic E-state index is -0.444. The number of ether oxygens (including phenoxy) is 2. The van der Waals surface area contributed by atoms with Crippen LogP contribution in [0.15, 0.2) is 48.5 Å². The van der Waals surface area contributed by atoms with Gasteiger partial charge in [0.2, 0.25) is 11.8 Å². The van der Waals surface area contributed by atoms with Gasteiger partial charge in [-0.05, 0) is 55.6 Å². The number of amides is 2. The molecule has 0 saturated heterocycles. The minimum absolute atomic E-state index is 0.0365. The number of hydrogen-bond acceptors (Lipinski definition) is 6. The molecule has 0 fully saturated rings. The predicted molar refractivity (Wildman–Crippen MR) is 106 cm³/mol. The first-order chi connectivity index (χ1) is 13.4. The zero-order chi connectivity index (χ0) is 20.5. The summed E-state index contributed by atoms with van der Waals surface area (Å²) in [4.78, 5) is 37.2. The first-order valence-electron chi connectivity index (χ1n) is 8.52. The summed E-state index contributed by atoms with van der Waals surface area (Å²) in [5.41, 5.74) is 1.59. The summed E-state index contributed by atoms with van der Waals surface area (Å²) in [6.07, 6.45) is 0. The third kappa shape index (κ3) is 6.40. The van der Waals surface area contributed by atoms with E-state index in [0.29, 0.717) is 22.7 Å². The van der Waals surface area contributed by atoms with Gasteiger partial charge >= 0.3 is 5.97 Å². The molecule has 0 atom stereocenters. The van der Waals surface area contributed by atoms with Gasteiger partial charge in [-0.1, -0.05) is 0 Å². The third-order valence-electron chi connectivity index (χ3n) is 3.79. The van der Waals surface area contributed by atoms with Crippen molar-refractivity contribution in [1.29, 1.82) is 0 Å². The molecule has 0 radical (unpaired) electrons. The second kappa shape index (κ2) is 10.1. The fraction of sp³-hybridized carbons (Fsp3) is 0.250. The molecule has 28 heavy (non-hydrogen) atoms. The zero-order valence-corrected chi connectivity index (χ0v) is 16.0. The minimum Gasteiger partial charge on any atom is -0.497 e. The monoisotopic (exact) mass is 385 g/mol. The number of methoxy groups -OCH3 is 2. The molecule has 0 aliphatic carbocycles. The first kappa shape index (κ1) is 20.9. The Morgan fingerprint density at radius 3 is 1.71 bits per heavy atom. The van der Waals surface area contributed by atoms with Crippen molar-refractivity contribution in [2.24, 2.45) is 0 Å². The Kier molecular flexibility index (Phi) is 7.53. The molecule has 8 nitrogen and oxygen atoms in total. The number of nitrogens with one attached hydrogen (secondary N) is 2. The van der Waals surface area contributed by atoms with E-state index in [1.165, 1.54) is 7.11 Å². The van der Waals surface area contributed by atoms with Crippen LogP contribution in [0.5, 0.6) is 5.75 Å². The van der Waals surface area contributed by atoms with Crippen LogP contribution in [0.25, 0.3) is 0 Å². The Bertz CT molecular complexity index is 819. The van der Waals surface area contributed by atoms with Crippen LogP contribution in [0.4, 0.5) is 11.4 Å². The number of anilines is 2. The van der Waals surface area contributed by atoms with Crippen LogP contribution in [-0.4, -0.2) is 57.0 Å². The Morgan fingerprint density at radius 2 is 1.29 bits per heavy atom. The van der Waals surface area contributed by atoms with Gasteiger partial charge in [-0.25, -0.2) is 4.79 Å². The summed E-state index contributed by atoms with van der Waals surface area (Å²) < 4.78 is 9.69. The number of rotatable bonds is 8. The van der Waals surface area contributed by atoms with Crippen LogP contribution in [0, 0.1) is 0 Å². The lowest BCUT2D eigenvalue weighted by molar-refractivity contribution is -0.119. The molecule has 2 aromatic rings. The van der Waals surface area contributed by atoms with Gasteiger partial charge in [0.15, 0.2) is 0 Å². The molecular weight excluding hydrogens is 362 g/mol. The highest BCUT2D eigenvalue weighted by atomic mass is 16.5. The molecule has 0 unspecified atom stereocenters.